The summed E-state index contributed by atoms with van der Waals surface area (Å²) in [4.78, 5) is 36.8. The number of carbonyl (C=O) groups is 2. The second-order valence-electron chi connectivity index (χ2n) is 11.3. The predicted molar refractivity (Wildman–Crippen MR) is 152 cm³/mol. The van der Waals surface area contributed by atoms with E-state index in [0.717, 1.165) is 31.5 Å². The molecule has 11 heteroatoms. The van der Waals surface area contributed by atoms with E-state index in [4.69, 9.17) is 0 Å². The molecular weight excluding hydrogens is 530 g/mol. The average Bonchev–Trinajstić information content (AvgIpc) is 3.65. The molecule has 2 aliphatic heterocycles. The number of carbonyl (C=O) groups excluding carboxylic acids is 1. The number of sulfone groups is 1. The number of aromatic nitrogens is 2. The summed E-state index contributed by atoms with van der Waals surface area (Å²) < 4.78 is 23.6. The Morgan fingerprint density at radius 2 is 1.48 bits per heavy atom. The number of hydrogen-bond donors (Lipinski definition) is 2. The summed E-state index contributed by atoms with van der Waals surface area (Å²) >= 11 is 0. The maximum Gasteiger partial charge on any atom is 0.405 e. The summed E-state index contributed by atoms with van der Waals surface area (Å²) in [6.45, 7) is 7.01. The van der Waals surface area contributed by atoms with Crippen molar-refractivity contribution in [3.8, 4) is 0 Å². The number of hydrogen-bond acceptors (Lipinski definition) is 7. The molecular formula is C29H41N5O5S. The van der Waals surface area contributed by atoms with Gasteiger partial charge in [0.1, 0.15) is 0 Å². The van der Waals surface area contributed by atoms with Gasteiger partial charge in [-0.1, -0.05) is 62.4 Å². The Morgan fingerprint density at radius 3 is 1.95 bits per heavy atom. The normalized spacial score (nSPS) is 21.4. The maximum atomic E-state index is 13.3. The van der Waals surface area contributed by atoms with Gasteiger partial charge in [-0.3, -0.25) is 4.79 Å². The van der Waals surface area contributed by atoms with Gasteiger partial charge < -0.3 is 20.2 Å². The summed E-state index contributed by atoms with van der Waals surface area (Å²) in [6, 6.07) is 9.30. The van der Waals surface area contributed by atoms with Crippen LogP contribution in [0.3, 0.4) is 0 Å². The largest absolute Gasteiger partial charge is 0.465 e. The highest BCUT2D eigenvalue weighted by molar-refractivity contribution is 7.90. The number of carboxylic acid groups (broad SMARTS) is 1. The fourth-order valence-electron chi connectivity index (χ4n) is 6.11. The van der Waals surface area contributed by atoms with E-state index < -0.39 is 15.9 Å². The van der Waals surface area contributed by atoms with Crippen LogP contribution < -0.4 is 5.32 Å². The van der Waals surface area contributed by atoms with Crippen LogP contribution in [-0.2, 0) is 9.84 Å². The first-order valence-corrected chi connectivity index (χ1v) is 16.0. The number of likely N-dealkylation sites (tertiary alicyclic amines) is 2. The standard InChI is InChI=1S/C24H31N5O5S.C5H10/c1-15-21(16(2)26-23(25-15)35(3,33)34)22(30)29-13-18-11-28(12-19(18)14-29)10-9-20(27-24(31)32)17-7-5-4-6-8-17;1-2-4-5-3-1/h4-8,18-20,27H,9-14H2,1-3H3,(H,31,32);1-5H2/t18-,19?,20?;/m0./s1. The third kappa shape index (κ3) is 7.57. The van der Waals surface area contributed by atoms with E-state index in [1.165, 1.54) is 32.1 Å². The first-order valence-electron chi connectivity index (χ1n) is 14.1. The van der Waals surface area contributed by atoms with E-state index in [2.05, 4.69) is 20.2 Å². The molecule has 2 aromatic rings. The average molecular weight is 572 g/mol. The highest BCUT2D eigenvalue weighted by atomic mass is 32.2. The van der Waals surface area contributed by atoms with Crippen LogP contribution >= 0.6 is 0 Å². The van der Waals surface area contributed by atoms with Crippen LogP contribution in [0.25, 0.3) is 0 Å². The van der Waals surface area contributed by atoms with Crippen molar-refractivity contribution in [1.29, 1.82) is 0 Å². The number of nitrogens with zero attached hydrogens (tertiary/aromatic N) is 4. The van der Waals surface area contributed by atoms with Gasteiger partial charge in [-0.2, -0.15) is 0 Å². The zero-order valence-electron chi connectivity index (χ0n) is 23.7. The molecule has 3 heterocycles. The van der Waals surface area contributed by atoms with Gasteiger partial charge in [0.05, 0.1) is 23.0 Å². The monoisotopic (exact) mass is 571 g/mol. The van der Waals surface area contributed by atoms with Gasteiger partial charge in [-0.05, 0) is 37.7 Å². The van der Waals surface area contributed by atoms with E-state index in [9.17, 15) is 23.1 Å². The number of fused-ring (bicyclic) bond motifs is 1. The number of amides is 2. The Balaban J connectivity index is 0.000000666. The number of benzene rings is 1. The zero-order valence-corrected chi connectivity index (χ0v) is 24.5. The predicted octanol–water partition coefficient (Wildman–Crippen LogP) is 3.85. The van der Waals surface area contributed by atoms with Gasteiger partial charge in [0.15, 0.2) is 0 Å². The Kier molecular flexibility index (Phi) is 9.78. The zero-order chi connectivity index (χ0) is 28.9. The van der Waals surface area contributed by atoms with Gasteiger partial charge >= 0.3 is 6.09 Å². The fourth-order valence-corrected chi connectivity index (χ4v) is 6.72. The van der Waals surface area contributed by atoms with Crippen molar-refractivity contribution in [2.24, 2.45) is 11.8 Å². The van der Waals surface area contributed by atoms with Crippen LogP contribution in [0.1, 0.15) is 71.9 Å². The highest BCUT2D eigenvalue weighted by Crippen LogP contribution is 2.33. The third-order valence-corrected chi connectivity index (χ3v) is 8.97. The lowest BCUT2D eigenvalue weighted by atomic mass is 10.0. The minimum Gasteiger partial charge on any atom is -0.465 e. The molecule has 1 saturated carbocycles. The van der Waals surface area contributed by atoms with Crippen LogP contribution in [0.5, 0.6) is 0 Å². The van der Waals surface area contributed by atoms with Gasteiger partial charge in [0.2, 0.25) is 15.0 Å². The van der Waals surface area contributed by atoms with Crippen molar-refractivity contribution in [2.45, 2.75) is 63.6 Å². The van der Waals surface area contributed by atoms with Crippen LogP contribution in [0, 0.1) is 25.7 Å². The number of nitrogens with one attached hydrogen (secondary N) is 1. The minimum absolute atomic E-state index is 0.157. The SMILES string of the molecule is C1CCCC1.Cc1nc(S(C)(=O)=O)nc(C)c1C(=O)N1CC2CN(CCC(NC(=O)O)c3ccccc3)C[C@H]2C1. The summed E-state index contributed by atoms with van der Waals surface area (Å²) in [5.41, 5.74) is 2.07. The molecule has 3 atom stereocenters. The topological polar surface area (TPSA) is 133 Å². The molecule has 2 saturated heterocycles. The number of rotatable bonds is 7. The van der Waals surface area contributed by atoms with E-state index in [0.29, 0.717) is 48.3 Å². The molecule has 2 N–H and O–H groups in total. The van der Waals surface area contributed by atoms with Crippen LogP contribution in [-0.4, -0.2) is 84.3 Å². The molecule has 0 radical (unpaired) electrons. The van der Waals surface area contributed by atoms with Crippen molar-refractivity contribution >= 4 is 21.8 Å². The van der Waals surface area contributed by atoms with Crippen molar-refractivity contribution in [3.05, 3.63) is 52.8 Å². The van der Waals surface area contributed by atoms with Crippen molar-refractivity contribution in [1.82, 2.24) is 25.1 Å². The fraction of sp³-hybridized carbons (Fsp3) is 0.586. The van der Waals surface area contributed by atoms with Gasteiger partial charge in [0.25, 0.3) is 5.91 Å². The van der Waals surface area contributed by atoms with Crippen molar-refractivity contribution < 1.29 is 23.1 Å². The van der Waals surface area contributed by atoms with E-state index in [-0.39, 0.29) is 17.1 Å². The lowest BCUT2D eigenvalue weighted by Gasteiger charge is -2.24. The first-order chi connectivity index (χ1) is 19.0. The smallest absolute Gasteiger partial charge is 0.405 e. The quantitative estimate of drug-likeness (QED) is 0.479. The summed E-state index contributed by atoms with van der Waals surface area (Å²) in [5, 5.41) is 11.6. The second kappa shape index (κ2) is 13.1. The molecule has 3 aliphatic rings. The van der Waals surface area contributed by atoms with E-state index >= 15 is 0 Å². The summed E-state index contributed by atoms with van der Waals surface area (Å²) in [6.07, 6.45) is 8.18. The molecule has 0 spiro atoms. The van der Waals surface area contributed by atoms with Crippen molar-refractivity contribution in [2.75, 3.05) is 39.0 Å². The molecule has 2 amide bonds. The lowest BCUT2D eigenvalue weighted by molar-refractivity contribution is 0.0771. The van der Waals surface area contributed by atoms with Gasteiger partial charge in [0, 0.05) is 39.0 Å². The molecule has 1 aromatic heterocycles. The maximum absolute atomic E-state index is 13.3. The molecule has 1 aromatic carbocycles. The Hall–Kier alpha value is -3.05. The molecule has 3 fully saturated rings. The summed E-state index contributed by atoms with van der Waals surface area (Å²) in [7, 11) is -3.55. The van der Waals surface area contributed by atoms with Gasteiger partial charge in [-0.25, -0.2) is 23.2 Å². The molecule has 40 heavy (non-hydrogen) atoms. The molecule has 0 bridgehead atoms. The second-order valence-corrected chi connectivity index (χ2v) is 13.2. The van der Waals surface area contributed by atoms with Crippen molar-refractivity contribution in [3.63, 3.8) is 0 Å². The molecule has 5 rings (SSSR count). The third-order valence-electron chi connectivity index (χ3n) is 8.13. The van der Waals surface area contributed by atoms with Crippen LogP contribution in [0.15, 0.2) is 35.5 Å². The lowest BCUT2D eigenvalue weighted by Crippen LogP contribution is -2.35. The molecule has 1 aliphatic carbocycles. The van der Waals surface area contributed by atoms with Crippen LogP contribution in [0.4, 0.5) is 4.79 Å². The summed E-state index contributed by atoms with van der Waals surface area (Å²) in [5.74, 6) is 0.535. The van der Waals surface area contributed by atoms with Crippen LogP contribution in [0.2, 0.25) is 0 Å². The van der Waals surface area contributed by atoms with E-state index in [1.54, 1.807) is 13.8 Å². The van der Waals surface area contributed by atoms with Gasteiger partial charge in [-0.15, -0.1) is 0 Å². The highest BCUT2D eigenvalue weighted by Gasteiger charge is 2.42. The Bertz CT molecular complexity index is 1250. The molecule has 10 nitrogen and oxygen atoms in total. The minimum atomic E-state index is -3.55. The van der Waals surface area contributed by atoms with E-state index in [1.807, 2.05) is 35.2 Å². The first kappa shape index (κ1) is 29.9. The molecule has 2 unspecified atom stereocenters. The Morgan fingerprint density at radius 1 is 0.950 bits per heavy atom. The Labute approximate surface area is 237 Å². The number of aryl methyl sites for hydroxylation is 2. The molecule has 218 valence electrons.